The lowest BCUT2D eigenvalue weighted by molar-refractivity contribution is -0.136. The molecule has 1 aliphatic carbocycles. The first-order valence-electron chi connectivity index (χ1n) is 15.8. The fraction of sp³-hybridized carbons (Fsp3) is 0.545. The van der Waals surface area contributed by atoms with Crippen LogP contribution in [0.3, 0.4) is 0 Å². The first-order chi connectivity index (χ1) is 21.6. The van der Waals surface area contributed by atoms with Gasteiger partial charge in [0.15, 0.2) is 6.61 Å². The zero-order valence-corrected chi connectivity index (χ0v) is 27.2. The summed E-state index contributed by atoms with van der Waals surface area (Å²) in [5, 5.41) is 13.3. The van der Waals surface area contributed by atoms with Gasteiger partial charge < -0.3 is 30.9 Å². The lowest BCUT2D eigenvalue weighted by Gasteiger charge is -2.26. The molecule has 0 fully saturated rings. The average molecular weight is 640 g/mol. The van der Waals surface area contributed by atoms with E-state index in [4.69, 9.17) is 4.74 Å². The van der Waals surface area contributed by atoms with E-state index in [0.717, 1.165) is 36.8 Å². The Morgan fingerprint density at radius 3 is 2.51 bits per heavy atom. The second-order valence-electron chi connectivity index (χ2n) is 12.2. The number of hydrogen-bond acceptors (Lipinski definition) is 7. The van der Waals surface area contributed by atoms with Crippen molar-refractivity contribution in [3.63, 3.8) is 0 Å². The van der Waals surface area contributed by atoms with Gasteiger partial charge in [-0.1, -0.05) is 26.0 Å². The first kappa shape index (κ1) is 34.0. The number of ether oxygens (including phenoxy) is 1. The van der Waals surface area contributed by atoms with Crippen LogP contribution in [0.1, 0.15) is 72.3 Å². The Bertz CT molecular complexity index is 1360. The maximum absolute atomic E-state index is 13.4. The minimum atomic E-state index is -0.843. The summed E-state index contributed by atoms with van der Waals surface area (Å²) in [6.45, 7) is 4.52. The SMILES string of the molecule is CC(C)C[C@@H]1NC(=O)CCCNC(=O)[C@@H](NC(=O)c2csc3c2CCCC3)Cc2ccc(cc2)OCC(=O)NCCN(C)C1=O. The van der Waals surface area contributed by atoms with Crippen LogP contribution in [-0.4, -0.2) is 79.8 Å². The third-order valence-electron chi connectivity index (χ3n) is 8.03. The van der Waals surface area contributed by atoms with Crippen molar-refractivity contribution in [2.45, 2.75) is 77.3 Å². The fourth-order valence-corrected chi connectivity index (χ4v) is 6.70. The molecule has 2 bridgehead atoms. The number of thiophene rings is 1. The number of fused-ring (bicyclic) bond motifs is 20. The molecule has 5 rings (SSSR count). The van der Waals surface area contributed by atoms with E-state index in [1.54, 1.807) is 42.6 Å². The predicted molar refractivity (Wildman–Crippen MR) is 172 cm³/mol. The van der Waals surface area contributed by atoms with Crippen molar-refractivity contribution < 1.29 is 28.7 Å². The van der Waals surface area contributed by atoms with Crippen LogP contribution in [0.2, 0.25) is 0 Å². The number of hydrogen-bond donors (Lipinski definition) is 4. The van der Waals surface area contributed by atoms with Gasteiger partial charge in [-0.05, 0) is 67.7 Å². The average Bonchev–Trinajstić information content (AvgIpc) is 3.45. The zero-order chi connectivity index (χ0) is 32.3. The van der Waals surface area contributed by atoms with Crippen molar-refractivity contribution in [2.75, 3.05) is 33.3 Å². The molecule has 1 aromatic carbocycles. The fourth-order valence-electron chi connectivity index (χ4n) is 5.57. The van der Waals surface area contributed by atoms with Crippen molar-refractivity contribution in [1.82, 2.24) is 26.2 Å². The number of aryl methyl sites for hydroxylation is 1. The van der Waals surface area contributed by atoms with Crippen molar-refractivity contribution >= 4 is 40.9 Å². The van der Waals surface area contributed by atoms with Crippen LogP contribution >= 0.6 is 11.3 Å². The molecule has 3 heterocycles. The highest BCUT2D eigenvalue weighted by molar-refractivity contribution is 7.10. The molecule has 0 spiro atoms. The molecule has 2 atom stereocenters. The van der Waals surface area contributed by atoms with Crippen LogP contribution in [-0.2, 0) is 38.4 Å². The standard InChI is InChI=1S/C33H45N5O6S/c1-21(2)17-27-33(43)38(3)16-15-34-30(40)19-44-23-12-10-22(11-13-23)18-26(32(42)35-14-6-9-29(39)36-27)37-31(41)25-20-45-28-8-5-4-7-24(25)28/h10-13,20-21,26-27H,4-9,14-19H2,1-3H3,(H,34,40)(H,35,42)(H,36,39)(H,37,41)/t26-,27-/m0/s1. The molecule has 3 aliphatic rings. The molecule has 0 saturated carbocycles. The third-order valence-corrected chi connectivity index (χ3v) is 9.12. The van der Waals surface area contributed by atoms with Gasteiger partial charge in [-0.15, -0.1) is 11.3 Å². The summed E-state index contributed by atoms with van der Waals surface area (Å²) in [5.74, 6) is -0.800. The number of nitrogens with zero attached hydrogens (tertiary/aromatic N) is 1. The summed E-state index contributed by atoms with van der Waals surface area (Å²) in [6.07, 6.45) is 5.21. The zero-order valence-electron chi connectivity index (χ0n) is 26.4. The Kier molecular flexibility index (Phi) is 12.4. The topological polar surface area (TPSA) is 146 Å². The highest BCUT2D eigenvalue weighted by Crippen LogP contribution is 2.30. The summed E-state index contributed by atoms with van der Waals surface area (Å²) in [7, 11) is 1.64. The van der Waals surface area contributed by atoms with Crippen LogP contribution in [0.5, 0.6) is 5.75 Å². The molecule has 0 saturated heterocycles. The number of amides is 5. The maximum atomic E-state index is 13.4. The largest absolute Gasteiger partial charge is 0.484 e. The molecule has 5 amide bonds. The molecule has 2 aromatic rings. The van der Waals surface area contributed by atoms with Gasteiger partial charge in [-0.2, -0.15) is 0 Å². The van der Waals surface area contributed by atoms with E-state index in [1.165, 1.54) is 9.78 Å². The molecule has 0 radical (unpaired) electrons. The highest BCUT2D eigenvalue weighted by Gasteiger charge is 2.27. The summed E-state index contributed by atoms with van der Waals surface area (Å²) < 4.78 is 5.63. The first-order valence-corrected chi connectivity index (χ1v) is 16.7. The number of carbonyl (C=O) groups excluding carboxylic acids is 5. The van der Waals surface area contributed by atoms with E-state index in [-0.39, 0.29) is 74.5 Å². The van der Waals surface area contributed by atoms with Gasteiger partial charge in [-0.25, -0.2) is 0 Å². The van der Waals surface area contributed by atoms with Crippen LogP contribution in [0.4, 0.5) is 0 Å². The minimum absolute atomic E-state index is 0.126. The quantitative estimate of drug-likeness (QED) is 0.378. The van der Waals surface area contributed by atoms with Gasteiger partial charge in [0.25, 0.3) is 11.8 Å². The molecule has 2 aliphatic heterocycles. The number of nitrogens with one attached hydrogen (secondary N) is 4. The van der Waals surface area contributed by atoms with Gasteiger partial charge in [0, 0.05) is 49.8 Å². The third kappa shape index (κ3) is 10.0. The van der Waals surface area contributed by atoms with Gasteiger partial charge >= 0.3 is 0 Å². The Morgan fingerprint density at radius 2 is 1.76 bits per heavy atom. The Labute approximate surface area is 268 Å². The number of likely N-dealkylation sites (N-methyl/N-ethyl adjacent to an activating group) is 1. The van der Waals surface area contributed by atoms with Gasteiger partial charge in [-0.3, -0.25) is 24.0 Å². The second-order valence-corrected chi connectivity index (χ2v) is 13.1. The second kappa shape index (κ2) is 16.4. The normalized spacial score (nSPS) is 21.0. The maximum Gasteiger partial charge on any atom is 0.258 e. The highest BCUT2D eigenvalue weighted by atomic mass is 32.1. The van der Waals surface area contributed by atoms with Crippen molar-refractivity contribution in [3.8, 4) is 5.75 Å². The predicted octanol–water partition coefficient (Wildman–Crippen LogP) is 2.36. The number of rotatable bonds is 4. The van der Waals surface area contributed by atoms with E-state index in [1.807, 2.05) is 19.2 Å². The molecular weight excluding hydrogens is 594 g/mol. The molecule has 12 heteroatoms. The lowest BCUT2D eigenvalue weighted by Crippen LogP contribution is -2.50. The van der Waals surface area contributed by atoms with E-state index < -0.39 is 12.1 Å². The summed E-state index contributed by atoms with van der Waals surface area (Å²) in [5.41, 5.74) is 2.53. The molecule has 11 nitrogen and oxygen atoms in total. The monoisotopic (exact) mass is 639 g/mol. The Balaban J connectivity index is 1.48. The Hall–Kier alpha value is -3.93. The van der Waals surface area contributed by atoms with E-state index in [2.05, 4.69) is 21.3 Å². The van der Waals surface area contributed by atoms with Gasteiger partial charge in [0.05, 0.1) is 5.56 Å². The van der Waals surface area contributed by atoms with Gasteiger partial charge in [0.1, 0.15) is 17.8 Å². The molecule has 0 unspecified atom stereocenters. The molecular formula is C33H45N5O6S. The van der Waals surface area contributed by atoms with Crippen LogP contribution in [0.25, 0.3) is 0 Å². The minimum Gasteiger partial charge on any atom is -0.484 e. The number of carbonyl (C=O) groups is 5. The van der Waals surface area contributed by atoms with Crippen LogP contribution < -0.4 is 26.0 Å². The summed E-state index contributed by atoms with van der Waals surface area (Å²) in [4.78, 5) is 67.8. The van der Waals surface area contributed by atoms with Crippen molar-refractivity contribution in [3.05, 3.63) is 51.2 Å². The van der Waals surface area contributed by atoms with Crippen LogP contribution in [0, 0.1) is 5.92 Å². The van der Waals surface area contributed by atoms with E-state index in [9.17, 15) is 24.0 Å². The number of benzene rings is 1. The lowest BCUT2D eigenvalue weighted by atomic mass is 9.95. The van der Waals surface area contributed by atoms with Gasteiger partial charge in [0.2, 0.25) is 17.7 Å². The smallest absolute Gasteiger partial charge is 0.258 e. The molecule has 244 valence electrons. The summed E-state index contributed by atoms with van der Waals surface area (Å²) >= 11 is 1.60. The summed E-state index contributed by atoms with van der Waals surface area (Å²) in [6, 6.07) is 5.51. The Morgan fingerprint density at radius 1 is 1.00 bits per heavy atom. The molecule has 45 heavy (non-hydrogen) atoms. The van der Waals surface area contributed by atoms with Crippen LogP contribution in [0.15, 0.2) is 29.6 Å². The molecule has 1 aromatic heterocycles. The van der Waals surface area contributed by atoms with E-state index >= 15 is 0 Å². The van der Waals surface area contributed by atoms with Crippen molar-refractivity contribution in [2.24, 2.45) is 5.92 Å². The molecule has 4 N–H and O–H groups in total. The van der Waals surface area contributed by atoms with E-state index in [0.29, 0.717) is 24.2 Å². The van der Waals surface area contributed by atoms with Crippen molar-refractivity contribution in [1.29, 1.82) is 0 Å².